The molecule has 11 heavy (non-hydrogen) atoms. The minimum Gasteiger partial charge on any atom is -0.478 e. The molecule has 1 aromatic heterocycles. The predicted molar refractivity (Wildman–Crippen MR) is 50.3 cm³/mol. The molecular weight excluding hydrogens is 257 g/mol. The highest BCUT2D eigenvalue weighted by molar-refractivity contribution is 14.1. The van der Waals surface area contributed by atoms with Crippen LogP contribution >= 0.6 is 22.9 Å². The number of rotatable bonds is 1. The topological polar surface area (TPSA) is 42.2 Å². The molecule has 0 spiro atoms. The molecule has 0 atom stereocenters. The smallest absolute Gasteiger partial charge is 0.337 e. The molecule has 0 aliphatic heterocycles. The van der Waals surface area contributed by atoms with E-state index in [4.69, 9.17) is 5.11 Å². The van der Waals surface area contributed by atoms with Gasteiger partial charge in [0.25, 0.3) is 0 Å². The van der Waals surface area contributed by atoms with Crippen molar-refractivity contribution in [3.05, 3.63) is 23.0 Å². The molecule has 0 saturated carbocycles. The highest BCUT2D eigenvalue weighted by Crippen LogP contribution is 2.17. The largest absolute Gasteiger partial charge is 0.478 e. The Morgan fingerprint density at radius 2 is 2.18 bits per heavy atom. The number of nitrogens with zero attached hydrogens (tertiary/aromatic N) is 1. The lowest BCUT2D eigenvalue weighted by molar-refractivity contribution is 0.0695. The molecule has 0 radical (unpaired) electrons. The minimum atomic E-state index is -0.851. The Kier molecular flexibility index (Phi) is 2.22. The van der Waals surface area contributed by atoms with Crippen LogP contribution in [0.1, 0.15) is 21.6 Å². The van der Waals surface area contributed by atoms with E-state index in [1.54, 1.807) is 22.8 Å². The first kappa shape index (κ1) is 8.58. The van der Waals surface area contributed by atoms with Crippen molar-refractivity contribution in [2.75, 3.05) is 0 Å². The minimum absolute atomic E-state index is 0.416. The zero-order chi connectivity index (χ0) is 8.59. The average Bonchev–Trinajstić information content (AvgIpc) is 2.07. The Hall–Kier alpha value is -0.520. The number of carboxylic acid groups (broad SMARTS) is 1. The monoisotopic (exact) mass is 265 g/mol. The summed E-state index contributed by atoms with van der Waals surface area (Å²) < 4.78 is 1.79. The van der Waals surface area contributed by atoms with E-state index in [2.05, 4.69) is 22.9 Å². The maximum atomic E-state index is 10.6. The molecule has 60 valence electrons. The lowest BCUT2D eigenvalue weighted by Crippen LogP contribution is -1.99. The van der Waals surface area contributed by atoms with Gasteiger partial charge in [-0.1, -0.05) is 0 Å². The van der Waals surface area contributed by atoms with Crippen molar-refractivity contribution in [3.8, 4) is 0 Å². The fourth-order valence-corrected chi connectivity index (χ4v) is 1.71. The number of aromatic carboxylic acids is 1. The number of hydrogen-bond acceptors (Lipinski definition) is 1. The van der Waals surface area contributed by atoms with Gasteiger partial charge in [-0.2, -0.15) is 0 Å². The molecule has 0 aliphatic rings. The van der Waals surface area contributed by atoms with E-state index in [0.717, 1.165) is 11.3 Å². The molecule has 0 aromatic carbocycles. The SMILES string of the molecule is Cc1cn(I)c(C)c1C(=O)O. The number of aryl methyl sites for hydroxylation is 1. The van der Waals surface area contributed by atoms with E-state index in [0.29, 0.717) is 5.56 Å². The summed E-state index contributed by atoms with van der Waals surface area (Å²) in [5.74, 6) is -0.851. The third kappa shape index (κ3) is 1.40. The standard InChI is InChI=1S/C7H8INO2/c1-4-3-9(8)5(2)6(4)7(10)11/h3H,1-2H3,(H,10,11). The van der Waals surface area contributed by atoms with Crippen LogP contribution in [0.15, 0.2) is 6.20 Å². The zero-order valence-electron chi connectivity index (χ0n) is 6.26. The molecule has 0 amide bonds. The second-order valence-electron chi connectivity index (χ2n) is 2.39. The van der Waals surface area contributed by atoms with Crippen molar-refractivity contribution in [1.29, 1.82) is 0 Å². The van der Waals surface area contributed by atoms with E-state index >= 15 is 0 Å². The van der Waals surface area contributed by atoms with Gasteiger partial charge in [0, 0.05) is 11.9 Å². The highest BCUT2D eigenvalue weighted by Gasteiger charge is 2.14. The van der Waals surface area contributed by atoms with Gasteiger partial charge < -0.3 is 5.11 Å². The average molecular weight is 265 g/mol. The second-order valence-corrected chi connectivity index (χ2v) is 3.43. The Morgan fingerprint density at radius 1 is 1.64 bits per heavy atom. The number of hydrogen-bond donors (Lipinski definition) is 1. The van der Waals surface area contributed by atoms with Crippen molar-refractivity contribution in [2.24, 2.45) is 0 Å². The van der Waals surface area contributed by atoms with Crippen molar-refractivity contribution < 1.29 is 9.90 Å². The highest BCUT2D eigenvalue weighted by atomic mass is 127. The van der Waals surface area contributed by atoms with E-state index in [1.807, 2.05) is 0 Å². The fourth-order valence-electron chi connectivity index (χ4n) is 1.05. The van der Waals surface area contributed by atoms with Crippen LogP contribution in [0.3, 0.4) is 0 Å². The van der Waals surface area contributed by atoms with Gasteiger partial charge in [-0.3, -0.25) is 2.78 Å². The van der Waals surface area contributed by atoms with Gasteiger partial charge >= 0.3 is 5.97 Å². The quantitative estimate of drug-likeness (QED) is 0.789. The van der Waals surface area contributed by atoms with Crippen LogP contribution < -0.4 is 0 Å². The normalized spacial score (nSPS) is 10.1. The first-order valence-electron chi connectivity index (χ1n) is 3.12. The molecule has 0 bridgehead atoms. The van der Waals surface area contributed by atoms with Gasteiger partial charge in [-0.05, 0) is 19.4 Å². The Bertz CT molecular complexity index is 304. The summed E-state index contributed by atoms with van der Waals surface area (Å²) in [6.45, 7) is 3.59. The lowest BCUT2D eigenvalue weighted by Gasteiger charge is -1.94. The van der Waals surface area contributed by atoms with E-state index < -0.39 is 5.97 Å². The summed E-state index contributed by atoms with van der Waals surface area (Å²) in [6.07, 6.45) is 1.80. The molecule has 1 rings (SSSR count). The van der Waals surface area contributed by atoms with Crippen LogP contribution in [0.5, 0.6) is 0 Å². The molecule has 0 saturated heterocycles. The molecule has 3 nitrogen and oxygen atoms in total. The molecule has 0 fully saturated rings. The summed E-state index contributed by atoms with van der Waals surface area (Å²) in [5.41, 5.74) is 2.01. The Balaban J connectivity index is 3.34. The number of aromatic nitrogens is 1. The number of carbonyl (C=O) groups is 1. The number of halogens is 1. The molecular formula is C7H8INO2. The van der Waals surface area contributed by atoms with Crippen LogP contribution in [0.4, 0.5) is 0 Å². The van der Waals surface area contributed by atoms with Crippen LogP contribution in [0.2, 0.25) is 0 Å². The van der Waals surface area contributed by atoms with Gasteiger partial charge in [-0.15, -0.1) is 0 Å². The molecule has 1 aromatic rings. The van der Waals surface area contributed by atoms with Gasteiger partial charge in [0.2, 0.25) is 0 Å². The van der Waals surface area contributed by atoms with Crippen molar-refractivity contribution in [2.45, 2.75) is 13.8 Å². The van der Waals surface area contributed by atoms with E-state index in [-0.39, 0.29) is 0 Å². The molecule has 4 heteroatoms. The van der Waals surface area contributed by atoms with Crippen LogP contribution in [-0.2, 0) is 0 Å². The number of carboxylic acids is 1. The van der Waals surface area contributed by atoms with Gasteiger partial charge in [0.15, 0.2) is 0 Å². The fraction of sp³-hybridized carbons (Fsp3) is 0.286. The van der Waals surface area contributed by atoms with Crippen LogP contribution in [0, 0.1) is 13.8 Å². The maximum Gasteiger partial charge on any atom is 0.337 e. The summed E-state index contributed by atoms with van der Waals surface area (Å²) >= 11 is 2.06. The molecule has 0 aliphatic carbocycles. The predicted octanol–water partition coefficient (Wildman–Crippen LogP) is 2.00. The van der Waals surface area contributed by atoms with Crippen LogP contribution in [-0.4, -0.2) is 13.9 Å². The lowest BCUT2D eigenvalue weighted by atomic mass is 10.2. The second kappa shape index (κ2) is 2.84. The Labute approximate surface area is 78.5 Å². The van der Waals surface area contributed by atoms with Gasteiger partial charge in [0.1, 0.15) is 0 Å². The zero-order valence-corrected chi connectivity index (χ0v) is 8.42. The van der Waals surface area contributed by atoms with Gasteiger partial charge in [-0.25, -0.2) is 4.79 Å². The van der Waals surface area contributed by atoms with Crippen LogP contribution in [0.25, 0.3) is 0 Å². The summed E-state index contributed by atoms with van der Waals surface area (Å²) in [6, 6.07) is 0. The first-order valence-corrected chi connectivity index (χ1v) is 4.08. The third-order valence-electron chi connectivity index (χ3n) is 1.60. The third-order valence-corrected chi connectivity index (χ3v) is 2.60. The summed E-state index contributed by atoms with van der Waals surface area (Å²) in [5, 5.41) is 8.74. The van der Waals surface area contributed by atoms with Crippen molar-refractivity contribution in [3.63, 3.8) is 0 Å². The van der Waals surface area contributed by atoms with Gasteiger partial charge in [0.05, 0.1) is 28.4 Å². The van der Waals surface area contributed by atoms with E-state index in [9.17, 15) is 4.79 Å². The molecule has 0 unspecified atom stereocenters. The Morgan fingerprint density at radius 3 is 2.36 bits per heavy atom. The maximum absolute atomic E-state index is 10.6. The van der Waals surface area contributed by atoms with E-state index in [1.165, 1.54) is 0 Å². The first-order chi connectivity index (χ1) is 5.04. The molecule has 1 heterocycles. The molecule has 1 N–H and O–H groups in total. The summed E-state index contributed by atoms with van der Waals surface area (Å²) in [4.78, 5) is 10.6. The summed E-state index contributed by atoms with van der Waals surface area (Å²) in [7, 11) is 0. The van der Waals surface area contributed by atoms with Crippen molar-refractivity contribution in [1.82, 2.24) is 2.78 Å². The van der Waals surface area contributed by atoms with Crippen molar-refractivity contribution >= 4 is 28.8 Å².